The number of pyridine rings is 1. The lowest BCUT2D eigenvalue weighted by molar-refractivity contribution is 0.0994. The maximum atomic E-state index is 13.5. The van der Waals surface area contributed by atoms with Crippen LogP contribution in [0, 0.1) is 5.82 Å². The Hall–Kier alpha value is -1.95. The second kappa shape index (κ2) is 5.14. The predicted octanol–water partition coefficient (Wildman–Crippen LogP) is 2.87. The molecule has 2 rings (SSSR count). The normalized spacial score (nSPS) is 10.1. The minimum atomic E-state index is -0.893. The summed E-state index contributed by atoms with van der Waals surface area (Å²) >= 11 is 3.24. The second-order valence-corrected chi connectivity index (χ2v) is 4.22. The first-order chi connectivity index (χ1) is 8.59. The van der Waals surface area contributed by atoms with Gasteiger partial charge in [-0.15, -0.1) is 0 Å². The lowest BCUT2D eigenvalue weighted by atomic mass is 10.2. The summed E-state index contributed by atoms with van der Waals surface area (Å²) < 4.78 is 19.5. The summed E-state index contributed by atoms with van der Waals surface area (Å²) in [6.45, 7) is 0. The predicted molar refractivity (Wildman–Crippen MR) is 66.9 cm³/mol. The largest absolute Gasteiger partial charge is 0.437 e. The van der Waals surface area contributed by atoms with Crippen molar-refractivity contribution in [3.8, 4) is 11.6 Å². The highest BCUT2D eigenvalue weighted by molar-refractivity contribution is 9.10. The Morgan fingerprint density at radius 2 is 2.11 bits per heavy atom. The SMILES string of the molecule is NC(=O)c1c(F)cccc1Oc1ncccc1Br. The number of ether oxygens (including phenoxy) is 1. The number of carbonyl (C=O) groups is 1. The zero-order valence-corrected chi connectivity index (χ0v) is 10.6. The van der Waals surface area contributed by atoms with E-state index >= 15 is 0 Å². The molecule has 0 spiro atoms. The summed E-state index contributed by atoms with van der Waals surface area (Å²) in [6.07, 6.45) is 1.52. The molecule has 92 valence electrons. The number of carbonyl (C=O) groups excluding carboxylic acids is 1. The van der Waals surface area contributed by atoms with Crippen molar-refractivity contribution in [1.82, 2.24) is 4.98 Å². The fraction of sp³-hybridized carbons (Fsp3) is 0. The number of nitrogens with two attached hydrogens (primary N) is 1. The number of primary amides is 1. The molecule has 1 aromatic carbocycles. The van der Waals surface area contributed by atoms with E-state index < -0.39 is 11.7 Å². The highest BCUT2D eigenvalue weighted by Crippen LogP contribution is 2.30. The molecule has 0 aliphatic rings. The number of hydrogen-bond donors (Lipinski definition) is 1. The molecule has 0 radical (unpaired) electrons. The summed E-state index contributed by atoms with van der Waals surface area (Å²) in [5.74, 6) is -1.37. The third-order valence-corrected chi connectivity index (χ3v) is 2.76. The highest BCUT2D eigenvalue weighted by Gasteiger charge is 2.16. The molecule has 1 heterocycles. The minimum absolute atomic E-state index is 0.0295. The summed E-state index contributed by atoms with van der Waals surface area (Å²) in [7, 11) is 0. The first-order valence-corrected chi connectivity index (χ1v) is 5.75. The fourth-order valence-electron chi connectivity index (χ4n) is 1.38. The monoisotopic (exact) mass is 310 g/mol. The van der Waals surface area contributed by atoms with Crippen molar-refractivity contribution in [2.24, 2.45) is 5.73 Å². The van der Waals surface area contributed by atoms with Crippen molar-refractivity contribution in [3.05, 3.63) is 52.4 Å². The maximum Gasteiger partial charge on any atom is 0.255 e. The number of benzene rings is 1. The molecule has 2 N–H and O–H groups in total. The molecular weight excluding hydrogens is 303 g/mol. The molecule has 0 aliphatic heterocycles. The average Bonchev–Trinajstić information content (AvgIpc) is 2.31. The van der Waals surface area contributed by atoms with Crippen LogP contribution < -0.4 is 10.5 Å². The van der Waals surface area contributed by atoms with Gasteiger partial charge in [-0.25, -0.2) is 9.37 Å². The van der Waals surface area contributed by atoms with Crippen molar-refractivity contribution in [2.45, 2.75) is 0 Å². The van der Waals surface area contributed by atoms with Gasteiger partial charge in [-0.3, -0.25) is 4.79 Å². The van der Waals surface area contributed by atoms with E-state index in [9.17, 15) is 9.18 Å². The van der Waals surface area contributed by atoms with E-state index in [1.165, 1.54) is 18.3 Å². The van der Waals surface area contributed by atoms with Crippen molar-refractivity contribution < 1.29 is 13.9 Å². The van der Waals surface area contributed by atoms with Crippen molar-refractivity contribution in [2.75, 3.05) is 0 Å². The average molecular weight is 311 g/mol. The molecular formula is C12H8BrFN2O2. The molecule has 0 aliphatic carbocycles. The molecule has 1 amide bonds. The fourth-order valence-corrected chi connectivity index (χ4v) is 1.71. The number of aromatic nitrogens is 1. The van der Waals surface area contributed by atoms with Crippen LogP contribution in [0.15, 0.2) is 41.0 Å². The Morgan fingerprint density at radius 1 is 1.33 bits per heavy atom. The van der Waals surface area contributed by atoms with Crippen LogP contribution in [0.25, 0.3) is 0 Å². The summed E-state index contributed by atoms with van der Waals surface area (Å²) in [4.78, 5) is 15.1. The van der Waals surface area contributed by atoms with E-state index in [0.29, 0.717) is 4.47 Å². The van der Waals surface area contributed by atoms with Gasteiger partial charge < -0.3 is 10.5 Å². The Kier molecular flexibility index (Phi) is 3.57. The molecule has 0 fully saturated rings. The van der Waals surface area contributed by atoms with Gasteiger partial charge in [-0.1, -0.05) is 6.07 Å². The van der Waals surface area contributed by atoms with Crippen LogP contribution in [0.5, 0.6) is 11.6 Å². The van der Waals surface area contributed by atoms with Gasteiger partial charge in [0.25, 0.3) is 5.91 Å². The quantitative estimate of drug-likeness (QED) is 0.948. The Bertz CT molecular complexity index is 604. The second-order valence-electron chi connectivity index (χ2n) is 3.37. The maximum absolute atomic E-state index is 13.5. The molecule has 1 aromatic heterocycles. The number of halogens is 2. The van der Waals surface area contributed by atoms with Crippen LogP contribution in [0.4, 0.5) is 4.39 Å². The van der Waals surface area contributed by atoms with E-state index in [2.05, 4.69) is 20.9 Å². The van der Waals surface area contributed by atoms with Gasteiger partial charge >= 0.3 is 0 Å². The van der Waals surface area contributed by atoms with Gasteiger partial charge in [-0.2, -0.15) is 0 Å². The molecule has 0 saturated carbocycles. The number of hydrogen-bond acceptors (Lipinski definition) is 3. The molecule has 0 unspecified atom stereocenters. The smallest absolute Gasteiger partial charge is 0.255 e. The Morgan fingerprint density at radius 3 is 2.78 bits per heavy atom. The molecule has 0 saturated heterocycles. The van der Waals surface area contributed by atoms with Crippen molar-refractivity contribution in [3.63, 3.8) is 0 Å². The molecule has 0 bridgehead atoms. The molecule has 4 nitrogen and oxygen atoms in total. The molecule has 6 heteroatoms. The van der Waals surface area contributed by atoms with Crippen LogP contribution in [-0.4, -0.2) is 10.9 Å². The topological polar surface area (TPSA) is 65.2 Å². The van der Waals surface area contributed by atoms with Crippen LogP contribution in [0.3, 0.4) is 0 Å². The zero-order chi connectivity index (χ0) is 13.1. The third-order valence-electron chi connectivity index (χ3n) is 2.15. The highest BCUT2D eigenvalue weighted by atomic mass is 79.9. The van der Waals surface area contributed by atoms with Gasteiger partial charge in [0.1, 0.15) is 17.1 Å². The lowest BCUT2D eigenvalue weighted by Gasteiger charge is -2.09. The van der Waals surface area contributed by atoms with Gasteiger partial charge in [-0.05, 0) is 40.2 Å². The van der Waals surface area contributed by atoms with E-state index in [4.69, 9.17) is 10.5 Å². The van der Waals surface area contributed by atoms with Crippen molar-refractivity contribution >= 4 is 21.8 Å². The number of nitrogens with zero attached hydrogens (tertiary/aromatic N) is 1. The van der Waals surface area contributed by atoms with E-state index in [-0.39, 0.29) is 17.2 Å². The van der Waals surface area contributed by atoms with Crippen LogP contribution in [0.1, 0.15) is 10.4 Å². The standard InChI is InChI=1S/C12H8BrFN2O2/c13-7-3-2-6-16-12(7)18-9-5-1-4-8(14)10(9)11(15)17/h1-6H,(H2,15,17). The third kappa shape index (κ3) is 2.48. The van der Waals surface area contributed by atoms with Gasteiger partial charge in [0.15, 0.2) is 0 Å². The first kappa shape index (κ1) is 12.5. The zero-order valence-electron chi connectivity index (χ0n) is 9.06. The Balaban J connectivity index is 2.44. The lowest BCUT2D eigenvalue weighted by Crippen LogP contribution is -2.14. The first-order valence-electron chi connectivity index (χ1n) is 4.96. The summed E-state index contributed by atoms with van der Waals surface area (Å²) in [5, 5.41) is 0. The number of rotatable bonds is 3. The number of amides is 1. The molecule has 18 heavy (non-hydrogen) atoms. The van der Waals surface area contributed by atoms with E-state index in [1.807, 2.05) is 0 Å². The summed E-state index contributed by atoms with van der Waals surface area (Å²) in [5.41, 5.74) is 4.82. The van der Waals surface area contributed by atoms with Gasteiger partial charge in [0.2, 0.25) is 5.88 Å². The van der Waals surface area contributed by atoms with Crippen LogP contribution >= 0.6 is 15.9 Å². The van der Waals surface area contributed by atoms with Crippen LogP contribution in [0.2, 0.25) is 0 Å². The Labute approximate surface area is 111 Å². The van der Waals surface area contributed by atoms with Gasteiger partial charge in [0, 0.05) is 6.20 Å². The van der Waals surface area contributed by atoms with Gasteiger partial charge in [0.05, 0.1) is 4.47 Å². The van der Waals surface area contributed by atoms with Crippen LogP contribution in [-0.2, 0) is 0 Å². The summed E-state index contributed by atoms with van der Waals surface area (Å²) in [6, 6.07) is 7.43. The van der Waals surface area contributed by atoms with E-state index in [1.54, 1.807) is 12.1 Å². The molecule has 0 atom stereocenters. The van der Waals surface area contributed by atoms with E-state index in [0.717, 1.165) is 6.07 Å². The van der Waals surface area contributed by atoms with Crippen molar-refractivity contribution in [1.29, 1.82) is 0 Å². The minimum Gasteiger partial charge on any atom is -0.437 e. The molecule has 2 aromatic rings.